The van der Waals surface area contributed by atoms with Gasteiger partial charge in [-0.25, -0.2) is 18.2 Å². The molecule has 3 rings (SSSR count). The highest BCUT2D eigenvalue weighted by atomic mass is 19.4. The lowest BCUT2D eigenvalue weighted by Gasteiger charge is -2.19. The quantitative estimate of drug-likeness (QED) is 0.572. The van der Waals surface area contributed by atoms with E-state index in [0.29, 0.717) is 12.1 Å². The Labute approximate surface area is 170 Å². The van der Waals surface area contributed by atoms with E-state index in [1.54, 1.807) is 13.1 Å². The van der Waals surface area contributed by atoms with E-state index in [-0.39, 0.29) is 11.6 Å². The van der Waals surface area contributed by atoms with Crippen molar-refractivity contribution in [1.29, 1.82) is 0 Å². The number of rotatable bonds is 6. The fourth-order valence-electron chi connectivity index (χ4n) is 3.37. The summed E-state index contributed by atoms with van der Waals surface area (Å²) in [5.41, 5.74) is -1.75. The second-order valence-corrected chi connectivity index (χ2v) is 7.23. The number of hydrogen-bond acceptors (Lipinski definition) is 3. The van der Waals surface area contributed by atoms with Gasteiger partial charge >= 0.3 is 6.18 Å². The summed E-state index contributed by atoms with van der Waals surface area (Å²) in [6, 6.07) is 2.56. The Morgan fingerprint density at radius 3 is 2.50 bits per heavy atom. The van der Waals surface area contributed by atoms with Gasteiger partial charge in [-0.3, -0.25) is 0 Å². The molecule has 2 aromatic rings. The molecule has 1 aromatic carbocycles. The molecule has 0 saturated heterocycles. The molecular formula is C21H21F6N3. The molecular weight excluding hydrogens is 408 g/mol. The fraction of sp³-hybridized carbons (Fsp3) is 0.381. The summed E-state index contributed by atoms with van der Waals surface area (Å²) < 4.78 is 81.6. The Kier molecular flexibility index (Phi) is 6.28. The van der Waals surface area contributed by atoms with E-state index in [2.05, 4.69) is 15.6 Å². The van der Waals surface area contributed by atoms with Crippen molar-refractivity contribution in [3.8, 4) is 11.3 Å². The molecule has 0 aliphatic carbocycles. The average Bonchev–Trinajstić information content (AvgIpc) is 3.15. The first-order valence-electron chi connectivity index (χ1n) is 9.47. The van der Waals surface area contributed by atoms with Gasteiger partial charge < -0.3 is 10.6 Å². The first-order valence-corrected chi connectivity index (χ1v) is 9.47. The zero-order chi connectivity index (χ0) is 22.1. The first-order chi connectivity index (χ1) is 14.1. The molecule has 2 heterocycles. The molecule has 162 valence electrons. The average molecular weight is 429 g/mol. The van der Waals surface area contributed by atoms with Crippen LogP contribution in [0.1, 0.15) is 49.6 Å². The van der Waals surface area contributed by atoms with Gasteiger partial charge in [-0.2, -0.15) is 13.2 Å². The Morgan fingerprint density at radius 1 is 1.17 bits per heavy atom. The van der Waals surface area contributed by atoms with Crippen LogP contribution in [0.25, 0.3) is 11.3 Å². The van der Waals surface area contributed by atoms with Crippen LogP contribution >= 0.6 is 0 Å². The molecule has 0 radical (unpaired) electrons. The summed E-state index contributed by atoms with van der Waals surface area (Å²) in [5, 5.41) is 6.29. The molecule has 1 aliphatic rings. The van der Waals surface area contributed by atoms with Gasteiger partial charge in [0.05, 0.1) is 23.0 Å². The third kappa shape index (κ3) is 4.71. The number of halogens is 6. The monoisotopic (exact) mass is 429 g/mol. The predicted molar refractivity (Wildman–Crippen MR) is 101 cm³/mol. The van der Waals surface area contributed by atoms with Gasteiger partial charge in [-0.1, -0.05) is 6.92 Å². The molecule has 0 fully saturated rings. The largest absolute Gasteiger partial charge is 0.416 e. The number of nitrogens with one attached hydrogen (secondary N) is 2. The van der Waals surface area contributed by atoms with Crippen molar-refractivity contribution >= 4 is 0 Å². The summed E-state index contributed by atoms with van der Waals surface area (Å²) in [5.74, 6) is -1.74. The molecule has 0 bridgehead atoms. The Hall–Kier alpha value is -2.71. The molecule has 2 atom stereocenters. The smallest absolute Gasteiger partial charge is 0.386 e. The van der Waals surface area contributed by atoms with E-state index in [0.717, 1.165) is 30.7 Å². The highest BCUT2D eigenvalue weighted by Crippen LogP contribution is 2.34. The molecule has 0 amide bonds. The summed E-state index contributed by atoms with van der Waals surface area (Å²) in [6.07, 6.45) is -1.34. The van der Waals surface area contributed by atoms with Crippen molar-refractivity contribution in [1.82, 2.24) is 15.6 Å². The third-order valence-electron chi connectivity index (χ3n) is 5.03. The zero-order valence-corrected chi connectivity index (χ0v) is 16.4. The third-order valence-corrected chi connectivity index (χ3v) is 5.03. The standard InChI is InChI=1S/C21H21F6N3/c1-3-13-6-15(10-28-13)29-11(2)16-7-19(24)17(8-18(16)23)20-5-12(21(25,26)27)4-14(9-22)30-20/h4-5,7-8,10-11,13,28-29H,3,6,9H2,1-2H3. The Bertz CT molecular complexity index is 954. The van der Waals surface area contributed by atoms with Crippen LogP contribution < -0.4 is 10.6 Å². The molecule has 0 spiro atoms. The van der Waals surface area contributed by atoms with Crippen LogP contribution in [-0.2, 0) is 12.9 Å². The van der Waals surface area contributed by atoms with Crippen LogP contribution in [0, 0.1) is 11.6 Å². The van der Waals surface area contributed by atoms with Crippen LogP contribution in [0.4, 0.5) is 26.3 Å². The molecule has 2 N–H and O–H groups in total. The van der Waals surface area contributed by atoms with Crippen LogP contribution in [0.5, 0.6) is 0 Å². The van der Waals surface area contributed by atoms with Gasteiger partial charge in [0.2, 0.25) is 0 Å². The predicted octanol–water partition coefficient (Wildman–Crippen LogP) is 5.78. The molecule has 30 heavy (non-hydrogen) atoms. The molecule has 2 unspecified atom stereocenters. The van der Waals surface area contributed by atoms with Gasteiger partial charge in [0.1, 0.15) is 18.3 Å². The number of nitrogens with zero attached hydrogens (tertiary/aromatic N) is 1. The van der Waals surface area contributed by atoms with E-state index in [4.69, 9.17) is 0 Å². The molecule has 3 nitrogen and oxygen atoms in total. The Balaban J connectivity index is 1.92. The minimum absolute atomic E-state index is 0.0230. The minimum Gasteiger partial charge on any atom is -0.386 e. The summed E-state index contributed by atoms with van der Waals surface area (Å²) >= 11 is 0. The van der Waals surface area contributed by atoms with Crippen molar-refractivity contribution in [3.05, 3.63) is 64.6 Å². The van der Waals surface area contributed by atoms with Gasteiger partial charge in [-0.15, -0.1) is 0 Å². The molecule has 1 aliphatic heterocycles. The number of aromatic nitrogens is 1. The van der Waals surface area contributed by atoms with Crippen molar-refractivity contribution in [2.45, 2.75) is 51.6 Å². The zero-order valence-electron chi connectivity index (χ0n) is 16.4. The van der Waals surface area contributed by atoms with Crippen LogP contribution in [0.3, 0.4) is 0 Å². The van der Waals surface area contributed by atoms with Gasteiger partial charge in [-0.05, 0) is 37.6 Å². The number of benzene rings is 1. The maximum absolute atomic E-state index is 14.7. The lowest BCUT2D eigenvalue weighted by Crippen LogP contribution is -2.20. The minimum atomic E-state index is -4.77. The molecule has 9 heteroatoms. The maximum atomic E-state index is 14.7. The van der Waals surface area contributed by atoms with E-state index in [9.17, 15) is 26.3 Å². The lowest BCUT2D eigenvalue weighted by atomic mass is 10.0. The van der Waals surface area contributed by atoms with Gasteiger partial charge in [0, 0.05) is 35.5 Å². The molecule has 1 aromatic heterocycles. The van der Waals surface area contributed by atoms with Gasteiger partial charge in [0.25, 0.3) is 0 Å². The highest BCUT2D eigenvalue weighted by Gasteiger charge is 2.32. The molecule has 0 saturated carbocycles. The van der Waals surface area contributed by atoms with Crippen molar-refractivity contribution in [3.63, 3.8) is 0 Å². The lowest BCUT2D eigenvalue weighted by molar-refractivity contribution is -0.137. The number of hydrogen-bond donors (Lipinski definition) is 2. The summed E-state index contributed by atoms with van der Waals surface area (Å²) in [7, 11) is 0. The first kappa shape index (κ1) is 22.0. The van der Waals surface area contributed by atoms with E-state index in [1.807, 2.05) is 6.92 Å². The SMILES string of the molecule is CCC1CC(NC(C)c2cc(F)c(-c3cc(C(F)(F)F)cc(CF)n3)cc2F)=CN1. The number of alkyl halides is 4. The van der Waals surface area contributed by atoms with Crippen LogP contribution in [0.2, 0.25) is 0 Å². The van der Waals surface area contributed by atoms with Crippen molar-refractivity contribution < 1.29 is 26.3 Å². The van der Waals surface area contributed by atoms with Gasteiger partial charge in [0.15, 0.2) is 0 Å². The topological polar surface area (TPSA) is 37.0 Å². The normalized spacial score (nSPS) is 17.5. The van der Waals surface area contributed by atoms with Crippen LogP contribution in [0.15, 0.2) is 36.2 Å². The van der Waals surface area contributed by atoms with Crippen LogP contribution in [-0.4, -0.2) is 11.0 Å². The summed E-state index contributed by atoms with van der Waals surface area (Å²) in [6.45, 7) is 2.42. The Morgan fingerprint density at radius 2 is 1.90 bits per heavy atom. The van der Waals surface area contributed by atoms with Crippen molar-refractivity contribution in [2.24, 2.45) is 0 Å². The van der Waals surface area contributed by atoms with E-state index in [1.165, 1.54) is 0 Å². The van der Waals surface area contributed by atoms with E-state index >= 15 is 0 Å². The fourth-order valence-corrected chi connectivity index (χ4v) is 3.37. The second-order valence-electron chi connectivity index (χ2n) is 7.23. The maximum Gasteiger partial charge on any atom is 0.416 e. The second kappa shape index (κ2) is 8.57. The van der Waals surface area contributed by atoms with E-state index < -0.39 is 53.0 Å². The summed E-state index contributed by atoms with van der Waals surface area (Å²) in [4.78, 5) is 3.70. The van der Waals surface area contributed by atoms with Crippen molar-refractivity contribution in [2.75, 3.05) is 0 Å². The number of pyridine rings is 1. The highest BCUT2D eigenvalue weighted by molar-refractivity contribution is 5.62.